The molecule has 3 aliphatic rings. The fourth-order valence-corrected chi connectivity index (χ4v) is 3.18. The zero-order valence-corrected chi connectivity index (χ0v) is 11.8. The Labute approximate surface area is 114 Å². The smallest absolute Gasteiger partial charge is 0.159 e. The molecular weight excluding hydrogens is 244 g/mol. The van der Waals surface area contributed by atoms with E-state index in [2.05, 4.69) is 13.8 Å². The van der Waals surface area contributed by atoms with Crippen LogP contribution in [0.1, 0.15) is 33.1 Å². The fraction of sp³-hybridized carbons (Fsp3) is 0.800. The molecule has 1 aliphatic carbocycles. The summed E-state index contributed by atoms with van der Waals surface area (Å²) in [7, 11) is 1.61. The van der Waals surface area contributed by atoms with E-state index in [4.69, 9.17) is 14.2 Å². The van der Waals surface area contributed by atoms with Crippen molar-refractivity contribution < 1.29 is 19.0 Å². The van der Waals surface area contributed by atoms with Gasteiger partial charge in [0.1, 0.15) is 5.76 Å². The minimum atomic E-state index is -0.361. The second kappa shape index (κ2) is 4.60. The van der Waals surface area contributed by atoms with Gasteiger partial charge in [0.2, 0.25) is 0 Å². The lowest BCUT2D eigenvalue weighted by molar-refractivity contribution is -0.117. The molecule has 3 rings (SSSR count). The van der Waals surface area contributed by atoms with Gasteiger partial charge < -0.3 is 14.2 Å². The molecule has 0 radical (unpaired) electrons. The number of ketones is 1. The number of methoxy groups -OCH3 is 1. The van der Waals surface area contributed by atoms with E-state index >= 15 is 0 Å². The Morgan fingerprint density at radius 1 is 1.53 bits per heavy atom. The Bertz CT molecular complexity index is 408. The van der Waals surface area contributed by atoms with Gasteiger partial charge in [-0.3, -0.25) is 4.79 Å². The second-order valence-corrected chi connectivity index (χ2v) is 6.28. The largest absolute Gasteiger partial charge is 0.498 e. The average Bonchev–Trinajstić information content (AvgIpc) is 3.25. The van der Waals surface area contributed by atoms with Crippen molar-refractivity contribution in [3.05, 3.63) is 11.8 Å². The Kier molecular flexibility index (Phi) is 3.18. The van der Waals surface area contributed by atoms with Crippen LogP contribution in [0, 0.1) is 11.8 Å². The molecule has 2 heterocycles. The lowest BCUT2D eigenvalue weighted by Crippen LogP contribution is -2.38. The summed E-state index contributed by atoms with van der Waals surface area (Å²) in [5, 5.41) is 0. The van der Waals surface area contributed by atoms with Gasteiger partial charge in [0.25, 0.3) is 0 Å². The maximum atomic E-state index is 11.8. The third kappa shape index (κ3) is 2.32. The van der Waals surface area contributed by atoms with E-state index in [-0.39, 0.29) is 23.4 Å². The van der Waals surface area contributed by atoms with Gasteiger partial charge in [-0.05, 0) is 18.8 Å². The number of hydrogen-bond acceptors (Lipinski definition) is 4. The van der Waals surface area contributed by atoms with E-state index < -0.39 is 0 Å². The predicted molar refractivity (Wildman–Crippen MR) is 69.6 cm³/mol. The number of allylic oxidation sites excluding steroid dienone is 1. The molecule has 0 amide bonds. The van der Waals surface area contributed by atoms with Crippen molar-refractivity contribution in [1.29, 1.82) is 0 Å². The van der Waals surface area contributed by atoms with E-state index in [1.54, 1.807) is 13.2 Å². The van der Waals surface area contributed by atoms with Gasteiger partial charge in [0, 0.05) is 18.4 Å². The summed E-state index contributed by atoms with van der Waals surface area (Å²) in [5.74, 6) is 1.64. The van der Waals surface area contributed by atoms with E-state index in [9.17, 15) is 4.79 Å². The van der Waals surface area contributed by atoms with Crippen molar-refractivity contribution in [1.82, 2.24) is 0 Å². The Morgan fingerprint density at radius 3 is 2.84 bits per heavy atom. The number of carbonyl (C=O) groups is 1. The van der Waals surface area contributed by atoms with Gasteiger partial charge in [0.15, 0.2) is 11.4 Å². The molecule has 4 heteroatoms. The molecule has 4 atom stereocenters. The van der Waals surface area contributed by atoms with E-state index in [1.807, 2.05) is 0 Å². The van der Waals surface area contributed by atoms with E-state index in [0.29, 0.717) is 30.8 Å². The molecule has 0 aromatic rings. The molecule has 4 nitrogen and oxygen atoms in total. The van der Waals surface area contributed by atoms with Crippen LogP contribution in [-0.2, 0) is 19.0 Å². The highest BCUT2D eigenvalue weighted by molar-refractivity contribution is 5.92. The lowest BCUT2D eigenvalue weighted by atomic mass is 9.78. The first-order valence-corrected chi connectivity index (χ1v) is 7.15. The van der Waals surface area contributed by atoms with Crippen LogP contribution in [0.4, 0.5) is 0 Å². The molecule has 2 saturated heterocycles. The van der Waals surface area contributed by atoms with Gasteiger partial charge in [-0.25, -0.2) is 0 Å². The quantitative estimate of drug-likeness (QED) is 0.715. The minimum Gasteiger partial charge on any atom is -0.498 e. The monoisotopic (exact) mass is 266 g/mol. The zero-order chi connectivity index (χ0) is 13.6. The van der Waals surface area contributed by atoms with E-state index in [0.717, 1.165) is 6.42 Å². The summed E-state index contributed by atoms with van der Waals surface area (Å²) in [6.45, 7) is 5.10. The molecule has 1 spiro atoms. The van der Waals surface area contributed by atoms with Crippen LogP contribution in [0.5, 0.6) is 0 Å². The summed E-state index contributed by atoms with van der Waals surface area (Å²) in [5.41, 5.74) is -0.361. The second-order valence-electron chi connectivity index (χ2n) is 6.28. The topological polar surface area (TPSA) is 51.4 Å². The highest BCUT2D eigenvalue weighted by Crippen LogP contribution is 2.53. The first-order valence-electron chi connectivity index (χ1n) is 7.15. The van der Waals surface area contributed by atoms with Crippen molar-refractivity contribution in [2.24, 2.45) is 11.8 Å². The SMILES string of the molecule is COC1=CC(=O)CC([C@H]2OC2CCC(C)C)C12CO2. The summed E-state index contributed by atoms with van der Waals surface area (Å²) < 4.78 is 16.8. The van der Waals surface area contributed by atoms with Gasteiger partial charge in [-0.1, -0.05) is 13.8 Å². The molecule has 2 aliphatic heterocycles. The molecule has 3 unspecified atom stereocenters. The van der Waals surface area contributed by atoms with Gasteiger partial charge >= 0.3 is 0 Å². The predicted octanol–water partition coefficient (Wildman–Crippen LogP) is 2.08. The zero-order valence-electron chi connectivity index (χ0n) is 11.8. The highest BCUT2D eigenvalue weighted by Gasteiger charge is 2.65. The first kappa shape index (κ1) is 13.1. The molecular formula is C15H22O4. The maximum absolute atomic E-state index is 11.8. The molecule has 106 valence electrons. The van der Waals surface area contributed by atoms with Crippen LogP contribution in [0.3, 0.4) is 0 Å². The van der Waals surface area contributed by atoms with Crippen molar-refractivity contribution in [3.63, 3.8) is 0 Å². The van der Waals surface area contributed by atoms with Crippen molar-refractivity contribution in [3.8, 4) is 0 Å². The molecule has 0 N–H and O–H groups in total. The minimum absolute atomic E-state index is 0.126. The van der Waals surface area contributed by atoms with Crippen LogP contribution in [0.2, 0.25) is 0 Å². The Balaban J connectivity index is 1.66. The fourth-order valence-electron chi connectivity index (χ4n) is 3.18. The van der Waals surface area contributed by atoms with Gasteiger partial charge in [0.05, 0.1) is 25.9 Å². The number of carbonyl (C=O) groups excluding carboxylic acids is 1. The van der Waals surface area contributed by atoms with Crippen LogP contribution in [0.25, 0.3) is 0 Å². The molecule has 0 bridgehead atoms. The molecule has 0 aromatic heterocycles. The molecule has 19 heavy (non-hydrogen) atoms. The summed E-state index contributed by atoms with van der Waals surface area (Å²) in [6.07, 6.45) is 4.84. The van der Waals surface area contributed by atoms with Crippen molar-refractivity contribution in [2.45, 2.75) is 50.9 Å². The van der Waals surface area contributed by atoms with Crippen LogP contribution < -0.4 is 0 Å². The van der Waals surface area contributed by atoms with Crippen molar-refractivity contribution >= 4 is 5.78 Å². The third-order valence-corrected chi connectivity index (χ3v) is 4.45. The van der Waals surface area contributed by atoms with Crippen LogP contribution in [-0.4, -0.2) is 37.3 Å². The van der Waals surface area contributed by atoms with E-state index in [1.165, 1.54) is 6.42 Å². The Hall–Kier alpha value is -0.870. The van der Waals surface area contributed by atoms with Gasteiger partial charge in [-0.15, -0.1) is 0 Å². The molecule has 0 aromatic carbocycles. The molecule has 2 fully saturated rings. The van der Waals surface area contributed by atoms with Gasteiger partial charge in [-0.2, -0.15) is 0 Å². The highest BCUT2D eigenvalue weighted by atomic mass is 16.6. The van der Waals surface area contributed by atoms with Crippen LogP contribution in [0.15, 0.2) is 11.8 Å². The lowest BCUT2D eigenvalue weighted by Gasteiger charge is -2.27. The number of rotatable bonds is 5. The first-order chi connectivity index (χ1) is 9.06. The average molecular weight is 266 g/mol. The third-order valence-electron chi connectivity index (χ3n) is 4.45. The number of epoxide rings is 2. The standard InChI is InChI=1S/C15H22O4/c1-9(2)4-5-12-14(19-12)11-6-10(16)7-13(17-3)15(11)8-18-15/h7,9,11-12,14H,4-6,8H2,1-3H3/t11?,12?,14-,15?/m1/s1. The summed E-state index contributed by atoms with van der Waals surface area (Å²) in [6, 6.07) is 0. The van der Waals surface area contributed by atoms with Crippen LogP contribution >= 0.6 is 0 Å². The number of ether oxygens (including phenoxy) is 3. The normalized spacial score (nSPS) is 40.5. The molecule has 0 saturated carbocycles. The summed E-state index contributed by atoms with van der Waals surface area (Å²) >= 11 is 0. The summed E-state index contributed by atoms with van der Waals surface area (Å²) in [4.78, 5) is 11.8. The Morgan fingerprint density at radius 2 is 2.26 bits per heavy atom. The number of hydrogen-bond donors (Lipinski definition) is 0. The maximum Gasteiger partial charge on any atom is 0.159 e. The van der Waals surface area contributed by atoms with Crippen molar-refractivity contribution in [2.75, 3.05) is 13.7 Å².